The standard InChI is InChI=1S/C21H20N6O/c22-21-25-10-16(11-26-21)20-24-7-8-27(20)19-13-28-12-15(19)9-14-5-6-23-18-4-2-1-3-17(14)18/h1-8,10-11,15,19H,9,12-13H2,(H2,22,25,26)/t15-,19+/m0/s1. The molecule has 28 heavy (non-hydrogen) atoms. The SMILES string of the molecule is Nc1ncc(-c2nccn2[C@@H]2COC[C@@H]2Cc2ccnc3ccccc23)cn1. The smallest absolute Gasteiger partial charge is 0.219 e. The van der Waals surface area contributed by atoms with Crippen LogP contribution in [-0.2, 0) is 11.2 Å². The molecule has 1 aliphatic heterocycles. The lowest BCUT2D eigenvalue weighted by Gasteiger charge is -2.21. The summed E-state index contributed by atoms with van der Waals surface area (Å²) in [6.07, 6.45) is 10.0. The van der Waals surface area contributed by atoms with E-state index in [0.29, 0.717) is 12.5 Å². The first kappa shape index (κ1) is 16.8. The maximum atomic E-state index is 5.87. The molecule has 7 nitrogen and oxygen atoms in total. The Kier molecular flexibility index (Phi) is 4.21. The van der Waals surface area contributed by atoms with Crippen LogP contribution >= 0.6 is 0 Å². The molecule has 0 amide bonds. The Morgan fingerprint density at radius 2 is 1.86 bits per heavy atom. The molecule has 2 atom stereocenters. The molecule has 1 fully saturated rings. The van der Waals surface area contributed by atoms with Gasteiger partial charge in [-0.3, -0.25) is 4.98 Å². The average molecular weight is 372 g/mol. The Labute approximate surface area is 162 Å². The lowest BCUT2D eigenvalue weighted by Crippen LogP contribution is -2.20. The number of nitrogens with zero attached hydrogens (tertiary/aromatic N) is 5. The Morgan fingerprint density at radius 3 is 2.75 bits per heavy atom. The van der Waals surface area contributed by atoms with Crippen molar-refractivity contribution in [1.29, 1.82) is 0 Å². The molecular formula is C21H20N6O. The van der Waals surface area contributed by atoms with E-state index in [0.717, 1.165) is 29.9 Å². The van der Waals surface area contributed by atoms with E-state index < -0.39 is 0 Å². The van der Waals surface area contributed by atoms with Gasteiger partial charge in [0.15, 0.2) is 0 Å². The van der Waals surface area contributed by atoms with Crippen LogP contribution in [0, 0.1) is 5.92 Å². The first-order valence-corrected chi connectivity index (χ1v) is 9.30. The van der Waals surface area contributed by atoms with Gasteiger partial charge >= 0.3 is 0 Å². The zero-order valence-electron chi connectivity index (χ0n) is 15.3. The lowest BCUT2D eigenvalue weighted by molar-refractivity contribution is 0.181. The quantitative estimate of drug-likeness (QED) is 0.592. The number of aromatic nitrogens is 5. The molecule has 7 heteroatoms. The summed E-state index contributed by atoms with van der Waals surface area (Å²) in [5.74, 6) is 1.43. The number of benzene rings is 1. The molecule has 0 aliphatic carbocycles. The van der Waals surface area contributed by atoms with Gasteiger partial charge < -0.3 is 15.0 Å². The van der Waals surface area contributed by atoms with Crippen LogP contribution in [0.1, 0.15) is 11.6 Å². The van der Waals surface area contributed by atoms with E-state index in [1.165, 1.54) is 10.9 Å². The van der Waals surface area contributed by atoms with Gasteiger partial charge in [0, 0.05) is 42.3 Å². The molecule has 4 aromatic rings. The summed E-state index contributed by atoms with van der Waals surface area (Å²) >= 11 is 0. The highest BCUT2D eigenvalue weighted by Crippen LogP contribution is 2.33. The molecule has 3 aromatic heterocycles. The van der Waals surface area contributed by atoms with Crippen LogP contribution in [0.3, 0.4) is 0 Å². The van der Waals surface area contributed by atoms with Gasteiger partial charge in [-0.05, 0) is 24.1 Å². The van der Waals surface area contributed by atoms with E-state index in [1.807, 2.05) is 24.7 Å². The average Bonchev–Trinajstić information content (AvgIpc) is 3.38. The molecule has 0 saturated carbocycles. The Balaban J connectivity index is 1.47. The second kappa shape index (κ2) is 7.01. The molecule has 140 valence electrons. The third kappa shape index (κ3) is 2.99. The van der Waals surface area contributed by atoms with Crippen LogP contribution in [0.2, 0.25) is 0 Å². The number of pyridine rings is 1. The Morgan fingerprint density at radius 1 is 1.00 bits per heavy atom. The summed E-state index contributed by atoms with van der Waals surface area (Å²) in [5, 5.41) is 1.20. The van der Waals surface area contributed by atoms with Crippen LogP contribution in [0.4, 0.5) is 5.95 Å². The van der Waals surface area contributed by atoms with Gasteiger partial charge in [0.1, 0.15) is 5.82 Å². The van der Waals surface area contributed by atoms with Crippen LogP contribution in [0.15, 0.2) is 61.3 Å². The zero-order chi connectivity index (χ0) is 18.9. The van der Waals surface area contributed by atoms with Crippen molar-refractivity contribution >= 4 is 16.9 Å². The third-order valence-corrected chi connectivity index (χ3v) is 5.34. The Hall–Kier alpha value is -3.32. The summed E-state index contributed by atoms with van der Waals surface area (Å²) in [6, 6.07) is 10.6. The van der Waals surface area contributed by atoms with Crippen molar-refractivity contribution in [2.75, 3.05) is 18.9 Å². The molecule has 0 radical (unpaired) electrons. The monoisotopic (exact) mass is 372 g/mol. The molecule has 1 aliphatic rings. The zero-order valence-corrected chi connectivity index (χ0v) is 15.3. The topological polar surface area (TPSA) is 91.7 Å². The molecule has 2 N–H and O–H groups in total. The third-order valence-electron chi connectivity index (χ3n) is 5.34. The Bertz CT molecular complexity index is 1100. The molecule has 4 heterocycles. The largest absolute Gasteiger partial charge is 0.379 e. The van der Waals surface area contributed by atoms with Gasteiger partial charge in [0.25, 0.3) is 0 Å². The molecule has 5 rings (SSSR count). The van der Waals surface area contributed by atoms with E-state index >= 15 is 0 Å². The first-order valence-electron chi connectivity index (χ1n) is 9.30. The van der Waals surface area contributed by atoms with E-state index in [-0.39, 0.29) is 12.0 Å². The number of anilines is 1. The van der Waals surface area contributed by atoms with Crippen molar-refractivity contribution in [3.8, 4) is 11.4 Å². The van der Waals surface area contributed by atoms with Crippen molar-refractivity contribution in [2.45, 2.75) is 12.5 Å². The number of ether oxygens (including phenoxy) is 1. The highest BCUT2D eigenvalue weighted by atomic mass is 16.5. The summed E-state index contributed by atoms with van der Waals surface area (Å²) < 4.78 is 8.05. The van der Waals surface area contributed by atoms with Crippen LogP contribution in [0.25, 0.3) is 22.3 Å². The summed E-state index contributed by atoms with van der Waals surface area (Å²) in [6.45, 7) is 1.38. The van der Waals surface area contributed by atoms with E-state index in [1.54, 1.807) is 12.4 Å². The minimum Gasteiger partial charge on any atom is -0.379 e. The number of imidazole rings is 1. The molecule has 0 unspecified atom stereocenters. The maximum Gasteiger partial charge on any atom is 0.219 e. The van der Waals surface area contributed by atoms with Crippen LogP contribution in [0.5, 0.6) is 0 Å². The summed E-state index contributed by atoms with van der Waals surface area (Å²) in [4.78, 5) is 17.2. The molecular weight excluding hydrogens is 352 g/mol. The number of hydrogen-bond donors (Lipinski definition) is 1. The predicted molar refractivity (Wildman–Crippen MR) is 106 cm³/mol. The molecule has 1 aromatic carbocycles. The molecule has 1 saturated heterocycles. The van der Waals surface area contributed by atoms with Crippen LogP contribution in [-0.4, -0.2) is 37.7 Å². The number of nitrogens with two attached hydrogens (primary N) is 1. The fourth-order valence-electron chi connectivity index (χ4n) is 3.96. The normalized spacial score (nSPS) is 19.3. The van der Waals surface area contributed by atoms with Gasteiger partial charge in [0.2, 0.25) is 5.95 Å². The van der Waals surface area contributed by atoms with E-state index in [4.69, 9.17) is 10.5 Å². The second-order valence-electron chi connectivity index (χ2n) is 7.04. The highest BCUT2D eigenvalue weighted by molar-refractivity contribution is 5.81. The number of nitrogen functional groups attached to an aromatic ring is 1. The highest BCUT2D eigenvalue weighted by Gasteiger charge is 2.31. The number of rotatable bonds is 4. The van der Waals surface area contributed by atoms with Gasteiger partial charge in [-0.25, -0.2) is 15.0 Å². The van der Waals surface area contributed by atoms with Crippen molar-refractivity contribution in [3.05, 3.63) is 66.9 Å². The molecule has 0 spiro atoms. The minimum absolute atomic E-state index is 0.196. The first-order chi connectivity index (χ1) is 13.8. The summed E-state index contributed by atoms with van der Waals surface area (Å²) in [5.41, 5.74) is 8.79. The number of para-hydroxylation sites is 1. The van der Waals surface area contributed by atoms with E-state index in [9.17, 15) is 0 Å². The van der Waals surface area contributed by atoms with E-state index in [2.05, 4.69) is 48.8 Å². The molecule has 0 bridgehead atoms. The second-order valence-corrected chi connectivity index (χ2v) is 7.04. The van der Waals surface area contributed by atoms with Crippen LogP contribution < -0.4 is 5.73 Å². The van der Waals surface area contributed by atoms with Gasteiger partial charge in [-0.2, -0.15) is 0 Å². The van der Waals surface area contributed by atoms with Crippen molar-refractivity contribution in [1.82, 2.24) is 24.5 Å². The summed E-state index contributed by atoms with van der Waals surface area (Å²) in [7, 11) is 0. The minimum atomic E-state index is 0.196. The lowest BCUT2D eigenvalue weighted by atomic mass is 9.93. The number of hydrogen-bond acceptors (Lipinski definition) is 6. The van der Waals surface area contributed by atoms with Crippen molar-refractivity contribution < 1.29 is 4.74 Å². The fourth-order valence-corrected chi connectivity index (χ4v) is 3.96. The van der Waals surface area contributed by atoms with Gasteiger partial charge in [-0.15, -0.1) is 0 Å². The fraction of sp³-hybridized carbons (Fsp3) is 0.238. The predicted octanol–water partition coefficient (Wildman–Crippen LogP) is 2.90. The number of fused-ring (bicyclic) bond motifs is 1. The van der Waals surface area contributed by atoms with Gasteiger partial charge in [-0.1, -0.05) is 18.2 Å². The van der Waals surface area contributed by atoms with Crippen molar-refractivity contribution in [2.24, 2.45) is 5.92 Å². The van der Waals surface area contributed by atoms with Gasteiger partial charge in [0.05, 0.1) is 30.3 Å². The van der Waals surface area contributed by atoms with Crippen molar-refractivity contribution in [3.63, 3.8) is 0 Å². The maximum absolute atomic E-state index is 5.87.